The molecule has 0 spiro atoms. The van der Waals surface area contributed by atoms with E-state index in [0.717, 1.165) is 117 Å². The van der Waals surface area contributed by atoms with Gasteiger partial charge in [-0.1, -0.05) is 58.7 Å². The molecule has 54 heavy (non-hydrogen) atoms. The fourth-order valence-corrected chi connectivity index (χ4v) is 6.58. The second-order valence-corrected chi connectivity index (χ2v) is 13.9. The van der Waals surface area contributed by atoms with Crippen LogP contribution in [0.5, 0.6) is 28.7 Å². The number of nitrogens with zero attached hydrogens (tertiary/aromatic N) is 5. The summed E-state index contributed by atoms with van der Waals surface area (Å²) in [5.74, 6) is 4.31. The molecule has 2 heterocycles. The SMILES string of the molecule is CCCCn1c(-c2ccc(Oc3ccc(Cl)c(C)c3)cc2OCc2ccccn2)nc2c(OCCCN(CC)CC)cc(OCCCN(CC)CC)cc21. The first-order valence-electron chi connectivity index (χ1n) is 19.7. The van der Waals surface area contributed by atoms with Crippen molar-refractivity contribution in [1.82, 2.24) is 24.3 Å². The van der Waals surface area contributed by atoms with Crippen LogP contribution in [0.1, 0.15) is 71.6 Å². The normalized spacial score (nSPS) is 11.5. The molecule has 0 bridgehead atoms. The van der Waals surface area contributed by atoms with Crippen molar-refractivity contribution in [3.05, 3.63) is 89.2 Å². The van der Waals surface area contributed by atoms with E-state index in [9.17, 15) is 0 Å². The Hall–Kier alpha value is -4.31. The largest absolute Gasteiger partial charge is 0.493 e. The Bertz CT molecular complexity index is 1890. The highest BCUT2D eigenvalue weighted by atomic mass is 35.5. The van der Waals surface area contributed by atoms with E-state index >= 15 is 0 Å². The van der Waals surface area contributed by atoms with Crippen molar-refractivity contribution in [3.8, 4) is 40.1 Å². The van der Waals surface area contributed by atoms with Crippen LogP contribution in [0.4, 0.5) is 0 Å². The molecule has 0 saturated heterocycles. The first kappa shape index (κ1) is 40.9. The van der Waals surface area contributed by atoms with Gasteiger partial charge in [0, 0.05) is 49.1 Å². The molecule has 0 radical (unpaired) electrons. The molecule has 3 aromatic carbocycles. The van der Waals surface area contributed by atoms with Crippen molar-refractivity contribution in [1.29, 1.82) is 0 Å². The minimum atomic E-state index is 0.291. The molecule has 0 unspecified atom stereocenters. The second-order valence-electron chi connectivity index (χ2n) is 13.5. The average molecular weight is 756 g/mol. The average Bonchev–Trinajstić information content (AvgIpc) is 3.56. The molecule has 0 aliphatic heterocycles. The van der Waals surface area contributed by atoms with E-state index in [0.29, 0.717) is 42.1 Å². The fourth-order valence-electron chi connectivity index (χ4n) is 6.46. The number of hydrogen-bond donors (Lipinski definition) is 0. The monoisotopic (exact) mass is 755 g/mol. The summed E-state index contributed by atoms with van der Waals surface area (Å²) < 4.78 is 28.2. The maximum Gasteiger partial charge on any atom is 0.150 e. The number of pyridine rings is 1. The third-order valence-corrected chi connectivity index (χ3v) is 10.2. The fraction of sp³-hybridized carbons (Fsp3) is 0.455. The molecule has 290 valence electrons. The summed E-state index contributed by atoms with van der Waals surface area (Å²) in [7, 11) is 0. The Morgan fingerprint density at radius 1 is 0.704 bits per heavy atom. The maximum atomic E-state index is 6.57. The summed E-state index contributed by atoms with van der Waals surface area (Å²) in [6.07, 6.45) is 5.65. The number of hydrogen-bond acceptors (Lipinski definition) is 8. The van der Waals surface area contributed by atoms with E-state index < -0.39 is 0 Å². The summed E-state index contributed by atoms with van der Waals surface area (Å²) in [4.78, 5) is 14.7. The van der Waals surface area contributed by atoms with Crippen LogP contribution >= 0.6 is 11.6 Å². The van der Waals surface area contributed by atoms with Gasteiger partial charge < -0.3 is 33.3 Å². The molecular weight excluding hydrogens is 698 g/mol. The molecule has 0 amide bonds. The highest BCUT2D eigenvalue weighted by Crippen LogP contribution is 2.40. The van der Waals surface area contributed by atoms with E-state index in [2.05, 4.69) is 60.0 Å². The Kier molecular flexibility index (Phi) is 15.9. The Morgan fingerprint density at radius 2 is 1.39 bits per heavy atom. The highest BCUT2D eigenvalue weighted by molar-refractivity contribution is 6.31. The molecule has 10 heteroatoms. The summed E-state index contributed by atoms with van der Waals surface area (Å²) in [6.45, 7) is 21.4. The summed E-state index contributed by atoms with van der Waals surface area (Å²) >= 11 is 6.30. The van der Waals surface area contributed by atoms with E-state index in [1.54, 1.807) is 6.20 Å². The van der Waals surface area contributed by atoms with Crippen molar-refractivity contribution < 1.29 is 18.9 Å². The summed E-state index contributed by atoms with van der Waals surface area (Å²) in [5, 5.41) is 0.698. The summed E-state index contributed by atoms with van der Waals surface area (Å²) in [6, 6.07) is 21.5. The third kappa shape index (κ3) is 11.1. The van der Waals surface area contributed by atoms with Crippen molar-refractivity contribution in [2.24, 2.45) is 0 Å². The van der Waals surface area contributed by atoms with Gasteiger partial charge in [0.05, 0.1) is 30.0 Å². The molecule has 0 saturated carbocycles. The number of fused-ring (bicyclic) bond motifs is 1. The first-order valence-corrected chi connectivity index (χ1v) is 20.1. The molecular formula is C44H58ClN5O4. The topological polar surface area (TPSA) is 74.1 Å². The van der Waals surface area contributed by atoms with Gasteiger partial charge in [0.15, 0.2) is 5.75 Å². The van der Waals surface area contributed by atoms with E-state index in [1.165, 1.54) is 0 Å². The van der Waals surface area contributed by atoms with Crippen LogP contribution in [0.3, 0.4) is 0 Å². The molecule has 0 aliphatic carbocycles. The van der Waals surface area contributed by atoms with E-state index in [4.69, 9.17) is 35.5 Å². The number of imidazole rings is 1. The van der Waals surface area contributed by atoms with Crippen molar-refractivity contribution in [2.45, 2.75) is 80.4 Å². The van der Waals surface area contributed by atoms with Gasteiger partial charge in [-0.25, -0.2) is 4.98 Å². The molecule has 0 N–H and O–H groups in total. The number of ether oxygens (including phenoxy) is 4. The van der Waals surface area contributed by atoms with Crippen molar-refractivity contribution in [2.75, 3.05) is 52.5 Å². The van der Waals surface area contributed by atoms with Gasteiger partial charge in [0.2, 0.25) is 0 Å². The second kappa shape index (κ2) is 21.0. The van der Waals surface area contributed by atoms with E-state index in [-0.39, 0.29) is 0 Å². The zero-order valence-corrected chi connectivity index (χ0v) is 33.8. The number of rotatable bonds is 23. The van der Waals surface area contributed by atoms with Crippen molar-refractivity contribution >= 4 is 22.6 Å². The highest BCUT2D eigenvalue weighted by Gasteiger charge is 2.22. The van der Waals surface area contributed by atoms with Crippen LogP contribution in [0.15, 0.2) is 72.9 Å². The number of halogens is 1. The Labute approximate surface area is 327 Å². The van der Waals surface area contributed by atoms with E-state index in [1.807, 2.05) is 67.6 Å². The predicted octanol–water partition coefficient (Wildman–Crippen LogP) is 10.5. The molecule has 9 nitrogen and oxygen atoms in total. The molecule has 2 aromatic heterocycles. The van der Waals surface area contributed by atoms with Crippen LogP contribution in [-0.4, -0.2) is 76.8 Å². The number of aryl methyl sites for hydroxylation is 2. The van der Waals surface area contributed by atoms with Crippen LogP contribution in [-0.2, 0) is 13.2 Å². The minimum absolute atomic E-state index is 0.291. The summed E-state index contributed by atoms with van der Waals surface area (Å²) in [5.41, 5.74) is 4.41. The standard InChI is InChI=1S/C44H58ClN5O4/c1-7-12-25-50-40-29-37(51-26-15-23-48(8-2)9-3)31-42(52-27-16-24-49(10-4)11-5)43(40)47-44(50)38-20-18-36(54-35-19-21-39(45)33(6)28-35)30-41(38)53-32-34-17-13-14-22-46-34/h13-14,17-22,28-31H,7-12,15-16,23-27,32H2,1-6H3. The first-order chi connectivity index (χ1) is 26.4. The minimum Gasteiger partial charge on any atom is -0.493 e. The van der Waals surface area contributed by atoms with Crippen LogP contribution in [0.25, 0.3) is 22.4 Å². The number of benzene rings is 3. The number of unbranched alkanes of at least 4 members (excludes halogenated alkanes) is 1. The molecule has 5 aromatic rings. The lowest BCUT2D eigenvalue weighted by Gasteiger charge is -2.18. The van der Waals surface area contributed by atoms with Gasteiger partial charge >= 0.3 is 0 Å². The zero-order chi connectivity index (χ0) is 38.3. The van der Waals surface area contributed by atoms with Crippen LogP contribution < -0.4 is 18.9 Å². The van der Waals surface area contributed by atoms with Gasteiger partial charge in [0.25, 0.3) is 0 Å². The zero-order valence-electron chi connectivity index (χ0n) is 33.1. The molecule has 5 rings (SSSR count). The van der Waals surface area contributed by atoms with Crippen molar-refractivity contribution in [3.63, 3.8) is 0 Å². The quantitative estimate of drug-likeness (QED) is 0.0610. The lowest BCUT2D eigenvalue weighted by molar-refractivity contribution is 0.243. The van der Waals surface area contributed by atoms with Gasteiger partial charge in [-0.15, -0.1) is 0 Å². The van der Waals surface area contributed by atoms with Gasteiger partial charge in [0.1, 0.15) is 40.9 Å². The van der Waals surface area contributed by atoms with Crippen LogP contribution in [0, 0.1) is 6.92 Å². The Balaban J connectivity index is 1.55. The third-order valence-electron chi connectivity index (χ3n) is 9.74. The maximum absolute atomic E-state index is 6.57. The molecule has 0 aliphatic rings. The number of aromatic nitrogens is 3. The van der Waals surface area contributed by atoms with Gasteiger partial charge in [-0.3, -0.25) is 4.98 Å². The van der Waals surface area contributed by atoms with Gasteiger partial charge in [-0.2, -0.15) is 0 Å². The predicted molar refractivity (Wildman–Crippen MR) is 221 cm³/mol. The molecule has 0 fully saturated rings. The Morgan fingerprint density at radius 3 is 2.06 bits per heavy atom. The lowest BCUT2D eigenvalue weighted by Crippen LogP contribution is -2.25. The van der Waals surface area contributed by atoms with Gasteiger partial charge in [-0.05, 0) is 100 Å². The molecule has 0 atom stereocenters. The lowest BCUT2D eigenvalue weighted by atomic mass is 10.1. The van der Waals surface area contributed by atoms with Crippen LogP contribution in [0.2, 0.25) is 5.02 Å². The smallest absolute Gasteiger partial charge is 0.150 e.